The van der Waals surface area contributed by atoms with Gasteiger partial charge in [-0.15, -0.1) is 0 Å². The number of rotatable bonds is 3. The summed E-state index contributed by atoms with van der Waals surface area (Å²) in [4.78, 5) is 4.57. The molecule has 2 aliphatic heterocycles. The van der Waals surface area contributed by atoms with E-state index < -0.39 is 0 Å². The van der Waals surface area contributed by atoms with E-state index >= 15 is 0 Å². The van der Waals surface area contributed by atoms with Gasteiger partial charge in [0.15, 0.2) is 0 Å². The van der Waals surface area contributed by atoms with Gasteiger partial charge in [0.2, 0.25) is 0 Å². The number of hydrogen-bond acceptors (Lipinski definition) is 4. The summed E-state index contributed by atoms with van der Waals surface area (Å²) in [6.45, 7) is 3.77. The minimum atomic E-state index is -0.353. The number of aliphatic hydroxyl groups excluding tert-OH is 1. The Bertz CT molecular complexity index is 480. The Morgan fingerprint density at radius 1 is 1.29 bits per heavy atom. The van der Waals surface area contributed by atoms with E-state index in [0.29, 0.717) is 6.42 Å². The predicted octanol–water partition coefficient (Wildman–Crippen LogP) is 1.30. The van der Waals surface area contributed by atoms with Crippen molar-refractivity contribution in [3.63, 3.8) is 0 Å². The normalized spacial score (nSPS) is 29.1. The fraction of sp³-hybridized carbons (Fsp3) is 0.647. The SMILES string of the molecule is CN1CCN(C)C(C(O)CC2OCCc3ccccc32)C1. The molecule has 1 saturated heterocycles. The molecule has 1 aromatic rings. The number of fused-ring (bicyclic) bond motifs is 1. The summed E-state index contributed by atoms with van der Waals surface area (Å²) in [5.74, 6) is 0. The molecule has 0 aromatic heterocycles. The van der Waals surface area contributed by atoms with E-state index in [9.17, 15) is 5.11 Å². The molecule has 2 aliphatic rings. The summed E-state index contributed by atoms with van der Waals surface area (Å²) >= 11 is 0. The van der Waals surface area contributed by atoms with Crippen LogP contribution in [-0.4, -0.2) is 67.4 Å². The zero-order valence-electron chi connectivity index (χ0n) is 13.0. The Labute approximate surface area is 127 Å². The van der Waals surface area contributed by atoms with E-state index in [1.54, 1.807) is 0 Å². The van der Waals surface area contributed by atoms with Crippen molar-refractivity contribution < 1.29 is 9.84 Å². The first-order valence-electron chi connectivity index (χ1n) is 7.91. The van der Waals surface area contributed by atoms with Crippen LogP contribution >= 0.6 is 0 Å². The number of piperazine rings is 1. The number of aliphatic hydroxyl groups is 1. The second kappa shape index (κ2) is 6.44. The molecule has 0 amide bonds. The first-order chi connectivity index (χ1) is 10.1. The van der Waals surface area contributed by atoms with Gasteiger partial charge in [0, 0.05) is 32.1 Å². The van der Waals surface area contributed by atoms with Crippen molar-refractivity contribution >= 4 is 0 Å². The average molecular weight is 290 g/mol. The van der Waals surface area contributed by atoms with Gasteiger partial charge in [0.05, 0.1) is 18.8 Å². The lowest BCUT2D eigenvalue weighted by Crippen LogP contribution is -2.55. The Morgan fingerprint density at radius 2 is 2.10 bits per heavy atom. The fourth-order valence-electron chi connectivity index (χ4n) is 3.51. The smallest absolute Gasteiger partial charge is 0.0853 e. The molecule has 0 spiro atoms. The quantitative estimate of drug-likeness (QED) is 0.910. The Hall–Kier alpha value is -0.940. The van der Waals surface area contributed by atoms with Crippen molar-refractivity contribution in [1.82, 2.24) is 9.80 Å². The summed E-state index contributed by atoms with van der Waals surface area (Å²) in [5.41, 5.74) is 2.63. The molecule has 0 radical (unpaired) electrons. The molecule has 2 heterocycles. The van der Waals surface area contributed by atoms with E-state index in [-0.39, 0.29) is 18.2 Å². The van der Waals surface area contributed by atoms with Crippen molar-refractivity contribution in [2.45, 2.75) is 31.1 Å². The Balaban J connectivity index is 1.69. The molecular formula is C17H26N2O2. The Morgan fingerprint density at radius 3 is 2.95 bits per heavy atom. The van der Waals surface area contributed by atoms with Crippen LogP contribution in [0.2, 0.25) is 0 Å². The van der Waals surface area contributed by atoms with E-state index in [1.165, 1.54) is 11.1 Å². The summed E-state index contributed by atoms with van der Waals surface area (Å²) in [5, 5.41) is 10.7. The van der Waals surface area contributed by atoms with Gasteiger partial charge in [-0.3, -0.25) is 4.90 Å². The maximum Gasteiger partial charge on any atom is 0.0853 e. The topological polar surface area (TPSA) is 35.9 Å². The molecule has 0 aliphatic carbocycles. The van der Waals surface area contributed by atoms with Crippen LogP contribution in [0.15, 0.2) is 24.3 Å². The van der Waals surface area contributed by atoms with Gasteiger partial charge in [-0.25, -0.2) is 0 Å². The maximum absolute atomic E-state index is 10.7. The average Bonchev–Trinajstić information content (AvgIpc) is 2.50. The summed E-state index contributed by atoms with van der Waals surface area (Å²) in [6, 6.07) is 8.66. The fourth-order valence-corrected chi connectivity index (χ4v) is 3.51. The highest BCUT2D eigenvalue weighted by molar-refractivity contribution is 5.31. The lowest BCUT2D eigenvalue weighted by Gasteiger charge is -2.41. The molecule has 1 N–H and O–H groups in total. The van der Waals surface area contributed by atoms with Crippen LogP contribution in [0.5, 0.6) is 0 Å². The Kier molecular flexibility index (Phi) is 4.60. The van der Waals surface area contributed by atoms with Gasteiger partial charge >= 0.3 is 0 Å². The van der Waals surface area contributed by atoms with E-state index in [2.05, 4.69) is 48.2 Å². The number of ether oxygens (including phenoxy) is 1. The van der Waals surface area contributed by atoms with Gasteiger partial charge in [-0.1, -0.05) is 24.3 Å². The van der Waals surface area contributed by atoms with Crippen molar-refractivity contribution in [2.24, 2.45) is 0 Å². The highest BCUT2D eigenvalue weighted by Gasteiger charge is 2.32. The summed E-state index contributed by atoms with van der Waals surface area (Å²) < 4.78 is 5.94. The number of benzene rings is 1. The van der Waals surface area contributed by atoms with Crippen LogP contribution in [0.4, 0.5) is 0 Å². The van der Waals surface area contributed by atoms with Crippen molar-refractivity contribution in [3.05, 3.63) is 35.4 Å². The third-order valence-corrected chi connectivity index (χ3v) is 4.89. The van der Waals surface area contributed by atoms with Gasteiger partial charge in [0.1, 0.15) is 0 Å². The summed E-state index contributed by atoms with van der Waals surface area (Å²) in [6.07, 6.45) is 1.34. The third kappa shape index (κ3) is 3.29. The summed E-state index contributed by atoms with van der Waals surface area (Å²) in [7, 11) is 4.23. The van der Waals surface area contributed by atoms with Crippen LogP contribution in [0.1, 0.15) is 23.7 Å². The maximum atomic E-state index is 10.7. The standard InChI is InChI=1S/C17H26N2O2/c1-18-8-9-19(2)15(12-18)16(20)11-17-14-6-4-3-5-13(14)7-10-21-17/h3-6,15-17,20H,7-12H2,1-2H3. The zero-order valence-corrected chi connectivity index (χ0v) is 13.0. The molecule has 116 valence electrons. The van der Waals surface area contributed by atoms with Gasteiger partial charge in [-0.05, 0) is 31.6 Å². The van der Waals surface area contributed by atoms with E-state index in [1.807, 2.05) is 0 Å². The predicted molar refractivity (Wildman–Crippen MR) is 83.4 cm³/mol. The molecule has 1 fully saturated rings. The monoisotopic (exact) mass is 290 g/mol. The molecule has 1 aromatic carbocycles. The molecule has 21 heavy (non-hydrogen) atoms. The van der Waals surface area contributed by atoms with E-state index in [0.717, 1.165) is 32.7 Å². The number of likely N-dealkylation sites (N-methyl/N-ethyl adjacent to an activating group) is 2. The van der Waals surface area contributed by atoms with Crippen molar-refractivity contribution in [2.75, 3.05) is 40.3 Å². The second-order valence-electron chi connectivity index (χ2n) is 6.42. The third-order valence-electron chi connectivity index (χ3n) is 4.89. The van der Waals surface area contributed by atoms with Crippen LogP contribution in [0.25, 0.3) is 0 Å². The lowest BCUT2D eigenvalue weighted by molar-refractivity contribution is -0.0369. The second-order valence-corrected chi connectivity index (χ2v) is 6.42. The van der Waals surface area contributed by atoms with Crippen LogP contribution in [0, 0.1) is 0 Å². The van der Waals surface area contributed by atoms with Crippen LogP contribution in [0.3, 0.4) is 0 Å². The molecule has 0 bridgehead atoms. The number of hydrogen-bond donors (Lipinski definition) is 1. The molecule has 4 nitrogen and oxygen atoms in total. The first-order valence-corrected chi connectivity index (χ1v) is 7.91. The van der Waals surface area contributed by atoms with Gasteiger partial charge in [0.25, 0.3) is 0 Å². The molecule has 3 unspecified atom stereocenters. The lowest BCUT2D eigenvalue weighted by atomic mass is 9.92. The molecule has 4 heteroatoms. The molecule has 3 atom stereocenters. The van der Waals surface area contributed by atoms with E-state index in [4.69, 9.17) is 4.74 Å². The van der Waals surface area contributed by atoms with Crippen LogP contribution < -0.4 is 0 Å². The molecular weight excluding hydrogens is 264 g/mol. The molecule has 0 saturated carbocycles. The largest absolute Gasteiger partial charge is 0.391 e. The minimum Gasteiger partial charge on any atom is -0.391 e. The van der Waals surface area contributed by atoms with Gasteiger partial charge in [-0.2, -0.15) is 0 Å². The minimum absolute atomic E-state index is 0.0329. The molecule has 3 rings (SSSR count). The first kappa shape index (κ1) is 15.0. The highest BCUT2D eigenvalue weighted by atomic mass is 16.5. The highest BCUT2D eigenvalue weighted by Crippen LogP contribution is 2.31. The number of nitrogens with zero attached hydrogens (tertiary/aromatic N) is 2. The van der Waals surface area contributed by atoms with Gasteiger partial charge < -0.3 is 14.7 Å². The van der Waals surface area contributed by atoms with Crippen molar-refractivity contribution in [3.8, 4) is 0 Å². The van der Waals surface area contributed by atoms with Crippen molar-refractivity contribution in [1.29, 1.82) is 0 Å². The zero-order chi connectivity index (χ0) is 14.8. The van der Waals surface area contributed by atoms with Crippen LogP contribution in [-0.2, 0) is 11.2 Å².